The van der Waals surface area contributed by atoms with E-state index in [1.165, 1.54) is 16.7 Å². The Kier molecular flexibility index (Phi) is 4.70. The summed E-state index contributed by atoms with van der Waals surface area (Å²) >= 11 is 0. The Hall–Kier alpha value is -1.35. The van der Waals surface area contributed by atoms with E-state index in [2.05, 4.69) is 31.3 Å². The Morgan fingerprint density at radius 2 is 1.82 bits per heavy atom. The SMILES string of the molecule is CNCC(CC(=O)O)c1cc(C)c(C)cc1C. The van der Waals surface area contributed by atoms with Crippen LogP contribution < -0.4 is 5.32 Å². The first-order chi connectivity index (χ1) is 7.95. The number of carbonyl (C=O) groups is 1. The second-order valence-electron chi connectivity index (χ2n) is 4.65. The summed E-state index contributed by atoms with van der Waals surface area (Å²) in [5, 5.41) is 12.0. The standard InChI is InChI=1S/C14H21NO2/c1-9-5-11(3)13(6-10(9)2)12(8-15-4)7-14(16)17/h5-6,12,15H,7-8H2,1-4H3,(H,16,17). The van der Waals surface area contributed by atoms with Crippen molar-refractivity contribution in [3.05, 3.63) is 34.4 Å². The third kappa shape index (κ3) is 3.56. The van der Waals surface area contributed by atoms with Crippen LogP contribution in [-0.4, -0.2) is 24.7 Å². The molecule has 1 aromatic carbocycles. The molecule has 0 fully saturated rings. The summed E-state index contributed by atoms with van der Waals surface area (Å²) in [5.74, 6) is -0.709. The van der Waals surface area contributed by atoms with Gasteiger partial charge in [-0.15, -0.1) is 0 Å². The number of rotatable bonds is 5. The molecule has 0 spiro atoms. The van der Waals surface area contributed by atoms with Gasteiger partial charge in [0.15, 0.2) is 0 Å². The number of aliphatic carboxylic acids is 1. The molecule has 0 radical (unpaired) electrons. The molecule has 0 bridgehead atoms. The van der Waals surface area contributed by atoms with Crippen LogP contribution in [0.3, 0.4) is 0 Å². The highest BCUT2D eigenvalue weighted by atomic mass is 16.4. The molecule has 0 saturated heterocycles. The molecule has 3 nitrogen and oxygen atoms in total. The molecule has 1 atom stereocenters. The van der Waals surface area contributed by atoms with Gasteiger partial charge in [-0.25, -0.2) is 0 Å². The second-order valence-corrected chi connectivity index (χ2v) is 4.65. The molecule has 1 unspecified atom stereocenters. The molecule has 1 rings (SSSR count). The molecule has 0 heterocycles. The van der Waals surface area contributed by atoms with Gasteiger partial charge in [0, 0.05) is 12.5 Å². The molecule has 0 saturated carbocycles. The smallest absolute Gasteiger partial charge is 0.304 e. The number of carboxylic acids is 1. The maximum atomic E-state index is 10.9. The largest absolute Gasteiger partial charge is 0.481 e. The van der Waals surface area contributed by atoms with Crippen LogP contribution in [0.4, 0.5) is 0 Å². The van der Waals surface area contributed by atoms with Crippen molar-refractivity contribution < 1.29 is 9.90 Å². The lowest BCUT2D eigenvalue weighted by atomic mass is 9.89. The fraction of sp³-hybridized carbons (Fsp3) is 0.500. The zero-order valence-corrected chi connectivity index (χ0v) is 11.0. The van der Waals surface area contributed by atoms with Crippen LogP contribution in [0.15, 0.2) is 12.1 Å². The Morgan fingerprint density at radius 1 is 1.24 bits per heavy atom. The second kappa shape index (κ2) is 5.82. The Balaban J connectivity index is 3.08. The number of aryl methyl sites for hydroxylation is 3. The van der Waals surface area contributed by atoms with Gasteiger partial charge in [-0.3, -0.25) is 4.79 Å². The summed E-state index contributed by atoms with van der Waals surface area (Å²) in [6.07, 6.45) is 0.171. The lowest BCUT2D eigenvalue weighted by molar-refractivity contribution is -0.137. The predicted molar refractivity (Wildman–Crippen MR) is 69.6 cm³/mol. The molecule has 0 aromatic heterocycles. The number of benzene rings is 1. The first-order valence-corrected chi connectivity index (χ1v) is 5.89. The summed E-state index contributed by atoms with van der Waals surface area (Å²) in [6.45, 7) is 6.88. The maximum absolute atomic E-state index is 10.9. The van der Waals surface area contributed by atoms with Gasteiger partial charge in [0.1, 0.15) is 0 Å². The summed E-state index contributed by atoms with van der Waals surface area (Å²) in [5.41, 5.74) is 4.79. The topological polar surface area (TPSA) is 49.3 Å². The van der Waals surface area contributed by atoms with E-state index >= 15 is 0 Å². The van der Waals surface area contributed by atoms with Gasteiger partial charge in [-0.1, -0.05) is 12.1 Å². The third-order valence-electron chi connectivity index (χ3n) is 3.19. The van der Waals surface area contributed by atoms with E-state index in [1.807, 2.05) is 14.0 Å². The summed E-state index contributed by atoms with van der Waals surface area (Å²) in [6, 6.07) is 4.25. The van der Waals surface area contributed by atoms with Gasteiger partial charge >= 0.3 is 5.97 Å². The van der Waals surface area contributed by atoms with Crippen molar-refractivity contribution in [2.45, 2.75) is 33.1 Å². The van der Waals surface area contributed by atoms with Crippen LogP contribution >= 0.6 is 0 Å². The number of hydrogen-bond acceptors (Lipinski definition) is 2. The van der Waals surface area contributed by atoms with Crippen molar-refractivity contribution in [1.82, 2.24) is 5.32 Å². The van der Waals surface area contributed by atoms with E-state index in [0.29, 0.717) is 6.54 Å². The quantitative estimate of drug-likeness (QED) is 0.824. The van der Waals surface area contributed by atoms with E-state index < -0.39 is 5.97 Å². The molecule has 17 heavy (non-hydrogen) atoms. The van der Waals surface area contributed by atoms with Crippen molar-refractivity contribution in [3.63, 3.8) is 0 Å². The third-order valence-corrected chi connectivity index (χ3v) is 3.19. The van der Waals surface area contributed by atoms with Gasteiger partial charge in [0.2, 0.25) is 0 Å². The monoisotopic (exact) mass is 235 g/mol. The highest BCUT2D eigenvalue weighted by Crippen LogP contribution is 2.25. The Morgan fingerprint density at radius 3 is 2.35 bits per heavy atom. The van der Waals surface area contributed by atoms with Crippen LogP contribution in [0.5, 0.6) is 0 Å². The van der Waals surface area contributed by atoms with Crippen molar-refractivity contribution in [1.29, 1.82) is 0 Å². The highest BCUT2D eigenvalue weighted by molar-refractivity contribution is 5.68. The first kappa shape index (κ1) is 13.7. The van der Waals surface area contributed by atoms with Crippen LogP contribution in [0.1, 0.15) is 34.6 Å². The minimum atomic E-state index is -0.747. The summed E-state index contributed by atoms with van der Waals surface area (Å²) < 4.78 is 0. The van der Waals surface area contributed by atoms with Crippen LogP contribution in [0, 0.1) is 20.8 Å². The molecule has 94 valence electrons. The minimum absolute atomic E-state index is 0.0387. The van der Waals surface area contributed by atoms with Gasteiger partial charge in [-0.2, -0.15) is 0 Å². The normalized spacial score (nSPS) is 12.5. The lowest BCUT2D eigenvalue weighted by Crippen LogP contribution is -2.20. The molecular formula is C14H21NO2. The average molecular weight is 235 g/mol. The Labute approximate surface area is 103 Å². The fourth-order valence-corrected chi connectivity index (χ4v) is 2.17. The number of carboxylic acid groups (broad SMARTS) is 1. The van der Waals surface area contributed by atoms with Crippen molar-refractivity contribution in [2.75, 3.05) is 13.6 Å². The molecule has 0 aliphatic heterocycles. The van der Waals surface area contributed by atoms with Gasteiger partial charge in [-0.05, 0) is 50.1 Å². The van der Waals surface area contributed by atoms with E-state index in [1.54, 1.807) is 0 Å². The zero-order valence-electron chi connectivity index (χ0n) is 11.0. The van der Waals surface area contributed by atoms with Gasteiger partial charge < -0.3 is 10.4 Å². The van der Waals surface area contributed by atoms with Crippen LogP contribution in [0.25, 0.3) is 0 Å². The van der Waals surface area contributed by atoms with E-state index in [4.69, 9.17) is 5.11 Å². The van der Waals surface area contributed by atoms with Crippen molar-refractivity contribution in [2.24, 2.45) is 0 Å². The maximum Gasteiger partial charge on any atom is 0.304 e. The highest BCUT2D eigenvalue weighted by Gasteiger charge is 2.17. The van der Waals surface area contributed by atoms with Crippen LogP contribution in [0.2, 0.25) is 0 Å². The number of likely N-dealkylation sites (N-methyl/N-ethyl adjacent to an activating group) is 1. The average Bonchev–Trinajstić information content (AvgIpc) is 2.22. The predicted octanol–water partition coefficient (Wildman–Crippen LogP) is 2.39. The van der Waals surface area contributed by atoms with Crippen molar-refractivity contribution in [3.8, 4) is 0 Å². The molecular weight excluding hydrogens is 214 g/mol. The van der Waals surface area contributed by atoms with E-state index in [0.717, 1.165) is 5.56 Å². The van der Waals surface area contributed by atoms with E-state index in [-0.39, 0.29) is 12.3 Å². The first-order valence-electron chi connectivity index (χ1n) is 5.89. The number of hydrogen-bond donors (Lipinski definition) is 2. The molecule has 0 aliphatic carbocycles. The lowest BCUT2D eigenvalue weighted by Gasteiger charge is -2.19. The zero-order chi connectivity index (χ0) is 13.0. The summed E-state index contributed by atoms with van der Waals surface area (Å²) in [7, 11) is 1.85. The number of nitrogens with one attached hydrogen (secondary N) is 1. The van der Waals surface area contributed by atoms with Crippen LogP contribution in [-0.2, 0) is 4.79 Å². The molecule has 0 amide bonds. The molecule has 3 heteroatoms. The van der Waals surface area contributed by atoms with Gasteiger partial charge in [0.05, 0.1) is 6.42 Å². The van der Waals surface area contributed by atoms with E-state index in [9.17, 15) is 4.79 Å². The Bertz CT molecular complexity index is 413. The molecule has 2 N–H and O–H groups in total. The fourth-order valence-electron chi connectivity index (χ4n) is 2.17. The summed E-state index contributed by atoms with van der Waals surface area (Å²) in [4.78, 5) is 10.9. The van der Waals surface area contributed by atoms with Crippen molar-refractivity contribution >= 4 is 5.97 Å². The molecule has 0 aliphatic rings. The van der Waals surface area contributed by atoms with Gasteiger partial charge in [0.25, 0.3) is 0 Å². The molecule has 1 aromatic rings. The minimum Gasteiger partial charge on any atom is -0.481 e.